The lowest BCUT2D eigenvalue weighted by Gasteiger charge is -2.42. The molecule has 0 aromatic carbocycles. The van der Waals surface area contributed by atoms with E-state index in [0.29, 0.717) is 44.7 Å². The molecule has 9 heteroatoms. The zero-order valence-electron chi connectivity index (χ0n) is 15.2. The number of likely N-dealkylation sites (tertiary alicyclic amines) is 1. The molecule has 1 atom stereocenters. The second kappa shape index (κ2) is 7.84. The fourth-order valence-electron chi connectivity index (χ4n) is 3.69. The molecule has 0 N–H and O–H groups in total. The van der Waals surface area contributed by atoms with Gasteiger partial charge in [-0.05, 0) is 31.9 Å². The van der Waals surface area contributed by atoms with Gasteiger partial charge in [-0.15, -0.1) is 0 Å². The number of nitrogens with zero attached hydrogens (tertiary/aromatic N) is 4. The maximum atomic E-state index is 12.7. The van der Waals surface area contributed by atoms with Crippen molar-refractivity contribution in [1.29, 1.82) is 0 Å². The van der Waals surface area contributed by atoms with E-state index in [4.69, 9.17) is 0 Å². The van der Waals surface area contributed by atoms with E-state index in [1.165, 1.54) is 0 Å². The van der Waals surface area contributed by atoms with Crippen molar-refractivity contribution in [3.8, 4) is 0 Å². The van der Waals surface area contributed by atoms with Gasteiger partial charge in [0.15, 0.2) is 0 Å². The highest BCUT2D eigenvalue weighted by molar-refractivity contribution is 5.92. The zero-order valence-corrected chi connectivity index (χ0v) is 15.2. The SMILES string of the molecule is Cc1cccc(C(=O)N2CCN(C3CCCN(CC(F)(F)F)C3=O)CC2)n1. The smallest absolute Gasteiger partial charge is 0.335 e. The maximum Gasteiger partial charge on any atom is 0.406 e. The summed E-state index contributed by atoms with van der Waals surface area (Å²) in [7, 11) is 0. The third kappa shape index (κ3) is 4.77. The van der Waals surface area contributed by atoms with Crippen LogP contribution in [0.5, 0.6) is 0 Å². The number of carbonyl (C=O) groups is 2. The molecule has 3 rings (SSSR count). The van der Waals surface area contributed by atoms with Crippen LogP contribution in [-0.2, 0) is 4.79 Å². The minimum Gasteiger partial charge on any atom is -0.335 e. The van der Waals surface area contributed by atoms with E-state index in [1.54, 1.807) is 17.0 Å². The number of alkyl halides is 3. The fraction of sp³-hybridized carbons (Fsp3) is 0.611. The first-order valence-corrected chi connectivity index (χ1v) is 9.07. The van der Waals surface area contributed by atoms with Gasteiger partial charge in [-0.25, -0.2) is 4.98 Å². The Balaban J connectivity index is 1.58. The molecule has 1 aromatic heterocycles. The molecule has 3 heterocycles. The maximum absolute atomic E-state index is 12.7. The quantitative estimate of drug-likeness (QED) is 0.796. The Morgan fingerprint density at radius 3 is 2.52 bits per heavy atom. The van der Waals surface area contributed by atoms with Crippen LogP contribution in [0.15, 0.2) is 18.2 Å². The van der Waals surface area contributed by atoms with E-state index < -0.39 is 24.7 Å². The van der Waals surface area contributed by atoms with Gasteiger partial charge in [-0.3, -0.25) is 14.5 Å². The summed E-state index contributed by atoms with van der Waals surface area (Å²) in [5, 5.41) is 0. The van der Waals surface area contributed by atoms with Gasteiger partial charge < -0.3 is 9.80 Å². The number of piperazine rings is 1. The first kappa shape index (κ1) is 19.6. The van der Waals surface area contributed by atoms with E-state index in [2.05, 4.69) is 4.98 Å². The standard InChI is InChI=1S/C18H23F3N4O2/c1-13-4-2-5-14(22-13)16(26)24-10-8-23(9-11-24)15-6-3-7-25(17(15)27)12-18(19,20)21/h2,4-5,15H,3,6-12H2,1H3. The lowest BCUT2D eigenvalue weighted by atomic mass is 10.0. The third-order valence-corrected chi connectivity index (χ3v) is 5.02. The summed E-state index contributed by atoms with van der Waals surface area (Å²) in [6, 6.07) is 4.73. The molecule has 1 aromatic rings. The topological polar surface area (TPSA) is 56.8 Å². The molecule has 2 saturated heterocycles. The molecule has 0 spiro atoms. The van der Waals surface area contributed by atoms with E-state index in [9.17, 15) is 22.8 Å². The minimum atomic E-state index is -4.39. The molecule has 2 aliphatic rings. The van der Waals surface area contributed by atoms with Crippen LogP contribution >= 0.6 is 0 Å². The molecule has 2 fully saturated rings. The van der Waals surface area contributed by atoms with Crippen LogP contribution in [0.1, 0.15) is 29.0 Å². The van der Waals surface area contributed by atoms with Crippen molar-refractivity contribution in [1.82, 2.24) is 19.7 Å². The van der Waals surface area contributed by atoms with Crippen LogP contribution in [-0.4, -0.2) is 83.0 Å². The average Bonchev–Trinajstić information content (AvgIpc) is 2.62. The van der Waals surface area contributed by atoms with Gasteiger partial charge in [0.25, 0.3) is 5.91 Å². The molecule has 0 radical (unpaired) electrons. The number of hydrogen-bond acceptors (Lipinski definition) is 4. The molecule has 0 aliphatic carbocycles. The van der Waals surface area contributed by atoms with Crippen LogP contribution in [0.4, 0.5) is 13.2 Å². The predicted octanol–water partition coefficient (Wildman–Crippen LogP) is 1.70. The number of amides is 2. The van der Waals surface area contributed by atoms with Crippen molar-refractivity contribution in [3.63, 3.8) is 0 Å². The van der Waals surface area contributed by atoms with Gasteiger partial charge >= 0.3 is 6.18 Å². The van der Waals surface area contributed by atoms with Gasteiger partial charge in [0.05, 0.1) is 6.04 Å². The molecule has 2 aliphatic heterocycles. The lowest BCUT2D eigenvalue weighted by Crippen LogP contribution is -2.59. The fourth-order valence-corrected chi connectivity index (χ4v) is 3.69. The number of piperidine rings is 1. The summed E-state index contributed by atoms with van der Waals surface area (Å²) in [4.78, 5) is 33.8. The van der Waals surface area contributed by atoms with E-state index in [0.717, 1.165) is 10.6 Å². The van der Waals surface area contributed by atoms with Crippen molar-refractivity contribution in [2.45, 2.75) is 32.0 Å². The average molecular weight is 384 g/mol. The van der Waals surface area contributed by atoms with Crippen molar-refractivity contribution in [3.05, 3.63) is 29.6 Å². The van der Waals surface area contributed by atoms with E-state index in [1.807, 2.05) is 17.9 Å². The molecule has 27 heavy (non-hydrogen) atoms. The van der Waals surface area contributed by atoms with Gasteiger partial charge in [0, 0.05) is 38.4 Å². The monoisotopic (exact) mass is 384 g/mol. The van der Waals surface area contributed by atoms with Gasteiger partial charge in [-0.2, -0.15) is 13.2 Å². The lowest BCUT2D eigenvalue weighted by molar-refractivity contribution is -0.168. The predicted molar refractivity (Wildman–Crippen MR) is 92.1 cm³/mol. The Morgan fingerprint density at radius 1 is 1.19 bits per heavy atom. The van der Waals surface area contributed by atoms with Crippen LogP contribution in [0, 0.1) is 6.92 Å². The van der Waals surface area contributed by atoms with Crippen LogP contribution < -0.4 is 0 Å². The summed E-state index contributed by atoms with van der Waals surface area (Å²) >= 11 is 0. The highest BCUT2D eigenvalue weighted by atomic mass is 19.4. The number of pyridine rings is 1. The molecular formula is C18H23F3N4O2. The summed E-state index contributed by atoms with van der Waals surface area (Å²) in [5.41, 5.74) is 1.14. The molecule has 0 bridgehead atoms. The summed E-state index contributed by atoms with van der Waals surface area (Å²) in [5.74, 6) is -0.620. The molecule has 1 unspecified atom stereocenters. The first-order valence-electron chi connectivity index (χ1n) is 9.07. The van der Waals surface area contributed by atoms with Crippen LogP contribution in [0.25, 0.3) is 0 Å². The molecule has 0 saturated carbocycles. The van der Waals surface area contributed by atoms with Crippen molar-refractivity contribution in [2.75, 3.05) is 39.3 Å². The number of hydrogen-bond donors (Lipinski definition) is 0. The number of halogens is 3. The molecular weight excluding hydrogens is 361 g/mol. The van der Waals surface area contributed by atoms with Crippen LogP contribution in [0.2, 0.25) is 0 Å². The van der Waals surface area contributed by atoms with Crippen LogP contribution in [0.3, 0.4) is 0 Å². The molecule has 6 nitrogen and oxygen atoms in total. The van der Waals surface area contributed by atoms with Crippen molar-refractivity contribution in [2.24, 2.45) is 0 Å². The number of aromatic nitrogens is 1. The summed E-state index contributed by atoms with van der Waals surface area (Å²) in [6.45, 7) is 2.55. The largest absolute Gasteiger partial charge is 0.406 e. The zero-order chi connectivity index (χ0) is 19.6. The number of aryl methyl sites for hydroxylation is 1. The van der Waals surface area contributed by atoms with E-state index in [-0.39, 0.29) is 12.5 Å². The summed E-state index contributed by atoms with van der Waals surface area (Å²) < 4.78 is 38.0. The highest BCUT2D eigenvalue weighted by Gasteiger charge is 2.40. The summed E-state index contributed by atoms with van der Waals surface area (Å²) in [6.07, 6.45) is -3.27. The Bertz CT molecular complexity index is 702. The Labute approximate surface area is 155 Å². The number of rotatable bonds is 3. The van der Waals surface area contributed by atoms with Gasteiger partial charge in [-0.1, -0.05) is 6.07 Å². The van der Waals surface area contributed by atoms with Gasteiger partial charge in [0.2, 0.25) is 5.91 Å². The van der Waals surface area contributed by atoms with E-state index >= 15 is 0 Å². The van der Waals surface area contributed by atoms with Gasteiger partial charge in [0.1, 0.15) is 12.2 Å². The Morgan fingerprint density at radius 2 is 1.89 bits per heavy atom. The minimum absolute atomic E-state index is 0.145. The molecule has 2 amide bonds. The second-order valence-electron chi connectivity index (χ2n) is 7.03. The molecule has 148 valence electrons. The normalized spacial score (nSPS) is 22.2. The third-order valence-electron chi connectivity index (χ3n) is 5.02. The number of carbonyl (C=O) groups excluding carboxylic acids is 2. The highest BCUT2D eigenvalue weighted by Crippen LogP contribution is 2.24. The second-order valence-corrected chi connectivity index (χ2v) is 7.03. The Hall–Kier alpha value is -2.16. The van der Waals surface area contributed by atoms with Crippen molar-refractivity contribution >= 4 is 11.8 Å². The Kier molecular flexibility index (Phi) is 5.69. The van der Waals surface area contributed by atoms with Crippen molar-refractivity contribution < 1.29 is 22.8 Å². The first-order chi connectivity index (χ1) is 12.7.